The minimum Gasteiger partial charge on any atom is -0.309 e. The molecule has 0 spiro atoms. The van der Waals surface area contributed by atoms with E-state index >= 15 is 0 Å². The van der Waals surface area contributed by atoms with Crippen LogP contribution in [-0.4, -0.2) is 39.1 Å². The molecule has 9 nitrogen and oxygen atoms in total. The molecule has 9 heteroatoms. The second kappa shape index (κ2) is 6.93. The lowest BCUT2D eigenvalue weighted by atomic mass is 10.2. The van der Waals surface area contributed by atoms with Gasteiger partial charge >= 0.3 is 0 Å². The Morgan fingerprint density at radius 3 is 2.76 bits per heavy atom. The van der Waals surface area contributed by atoms with Crippen LogP contribution in [0.25, 0.3) is 33.8 Å². The van der Waals surface area contributed by atoms with E-state index in [4.69, 9.17) is 4.98 Å². The fraction of sp³-hybridized carbons (Fsp3) is 0.250. The molecule has 4 aromatic heterocycles. The highest BCUT2D eigenvalue weighted by Crippen LogP contribution is 2.39. The van der Waals surface area contributed by atoms with Crippen LogP contribution in [0.5, 0.6) is 0 Å². The molecule has 5 aromatic rings. The minimum absolute atomic E-state index is 0.217. The number of pyridine rings is 1. The Bertz CT molecular complexity index is 1570. The van der Waals surface area contributed by atoms with Gasteiger partial charge < -0.3 is 9.13 Å². The van der Waals surface area contributed by atoms with Gasteiger partial charge in [0.05, 0.1) is 23.6 Å². The maximum absolute atomic E-state index is 13.4. The van der Waals surface area contributed by atoms with Crippen LogP contribution >= 0.6 is 0 Å². The highest BCUT2D eigenvalue weighted by atomic mass is 16.1. The van der Waals surface area contributed by atoms with Crippen molar-refractivity contribution in [2.24, 2.45) is 0 Å². The molecule has 0 atom stereocenters. The molecule has 0 amide bonds. The summed E-state index contributed by atoms with van der Waals surface area (Å²) in [4.78, 5) is 22.6. The molecular formula is C24H20N8O. The molecule has 0 radical (unpaired) electrons. The number of imidazole rings is 1. The number of aromatic nitrogens is 8. The first-order chi connectivity index (χ1) is 16.2. The summed E-state index contributed by atoms with van der Waals surface area (Å²) in [6.45, 7) is 0. The highest BCUT2D eigenvalue weighted by molar-refractivity contribution is 5.83. The second-order valence-corrected chi connectivity index (χ2v) is 8.79. The normalized spacial score (nSPS) is 15.9. The van der Waals surface area contributed by atoms with Crippen molar-refractivity contribution in [1.29, 1.82) is 0 Å². The molecule has 7 rings (SSSR count). The van der Waals surface area contributed by atoms with Crippen molar-refractivity contribution >= 4 is 10.8 Å². The summed E-state index contributed by atoms with van der Waals surface area (Å²) in [7, 11) is 0. The summed E-state index contributed by atoms with van der Waals surface area (Å²) in [5.74, 6) is 1.74. The first kappa shape index (κ1) is 18.4. The minimum atomic E-state index is -0.217. The van der Waals surface area contributed by atoms with Gasteiger partial charge in [-0.25, -0.2) is 9.97 Å². The first-order valence-corrected chi connectivity index (χ1v) is 11.2. The lowest BCUT2D eigenvalue weighted by Crippen LogP contribution is -2.22. The number of nitrogens with zero attached hydrogens (tertiary/aromatic N) is 8. The monoisotopic (exact) mass is 436 g/mol. The van der Waals surface area contributed by atoms with Crippen LogP contribution in [0.15, 0.2) is 66.2 Å². The third kappa shape index (κ3) is 3.15. The zero-order valence-corrected chi connectivity index (χ0v) is 17.7. The second-order valence-electron chi connectivity index (χ2n) is 8.79. The number of rotatable bonds is 5. The van der Waals surface area contributed by atoms with E-state index in [0.717, 1.165) is 29.6 Å². The van der Waals surface area contributed by atoms with Crippen molar-refractivity contribution in [3.63, 3.8) is 0 Å². The number of fused-ring (bicyclic) bond motifs is 1. The molecule has 0 N–H and O–H groups in total. The Kier molecular flexibility index (Phi) is 3.87. The molecule has 2 aliphatic rings. The zero-order valence-electron chi connectivity index (χ0n) is 17.7. The topological polar surface area (TPSA) is 96.3 Å². The van der Waals surface area contributed by atoms with E-state index in [0.29, 0.717) is 34.7 Å². The van der Waals surface area contributed by atoms with Crippen molar-refractivity contribution < 1.29 is 0 Å². The summed E-state index contributed by atoms with van der Waals surface area (Å²) < 4.78 is 5.37. The van der Waals surface area contributed by atoms with Gasteiger partial charge in [0.15, 0.2) is 11.6 Å². The summed E-state index contributed by atoms with van der Waals surface area (Å²) in [5.41, 5.74) is 2.47. The van der Waals surface area contributed by atoms with E-state index in [1.54, 1.807) is 18.6 Å². The number of benzene rings is 1. The zero-order chi connectivity index (χ0) is 21.9. The molecule has 0 unspecified atom stereocenters. The quantitative estimate of drug-likeness (QED) is 0.419. The van der Waals surface area contributed by atoms with Crippen molar-refractivity contribution in [2.75, 3.05) is 0 Å². The molecule has 0 aliphatic heterocycles. The van der Waals surface area contributed by atoms with Crippen LogP contribution in [0.4, 0.5) is 0 Å². The van der Waals surface area contributed by atoms with Crippen LogP contribution in [0.2, 0.25) is 0 Å². The van der Waals surface area contributed by atoms with Gasteiger partial charge in [-0.3, -0.25) is 4.79 Å². The smallest absolute Gasteiger partial charge is 0.280 e. The van der Waals surface area contributed by atoms with E-state index in [-0.39, 0.29) is 5.56 Å². The van der Waals surface area contributed by atoms with E-state index < -0.39 is 0 Å². The summed E-state index contributed by atoms with van der Waals surface area (Å²) in [5, 5.41) is 14.1. The fourth-order valence-electron chi connectivity index (χ4n) is 4.23. The van der Waals surface area contributed by atoms with Crippen LogP contribution < -0.4 is 5.56 Å². The van der Waals surface area contributed by atoms with Gasteiger partial charge in [-0.05, 0) is 49.9 Å². The molecule has 4 heterocycles. The Balaban J connectivity index is 1.31. The molecule has 162 valence electrons. The number of hydrogen-bond donors (Lipinski definition) is 0. The van der Waals surface area contributed by atoms with E-state index in [9.17, 15) is 4.79 Å². The predicted molar refractivity (Wildman–Crippen MR) is 122 cm³/mol. The summed E-state index contributed by atoms with van der Waals surface area (Å²) in [6, 6.07) is 11.8. The van der Waals surface area contributed by atoms with Gasteiger partial charge in [0, 0.05) is 29.2 Å². The third-order valence-corrected chi connectivity index (χ3v) is 6.36. The van der Waals surface area contributed by atoms with Crippen LogP contribution in [-0.2, 0) is 0 Å². The first-order valence-electron chi connectivity index (χ1n) is 11.2. The molecule has 0 bridgehead atoms. The van der Waals surface area contributed by atoms with Gasteiger partial charge in [-0.1, -0.05) is 12.1 Å². The van der Waals surface area contributed by atoms with Gasteiger partial charge in [0.1, 0.15) is 12.0 Å². The molecular weight excluding hydrogens is 416 g/mol. The Morgan fingerprint density at radius 2 is 1.91 bits per heavy atom. The average Bonchev–Trinajstić information content (AvgIpc) is 3.78. The maximum Gasteiger partial charge on any atom is 0.280 e. The fourth-order valence-corrected chi connectivity index (χ4v) is 4.23. The van der Waals surface area contributed by atoms with Crippen LogP contribution in [0, 0.1) is 0 Å². The van der Waals surface area contributed by atoms with Crippen molar-refractivity contribution in [2.45, 2.75) is 37.6 Å². The van der Waals surface area contributed by atoms with E-state index in [1.165, 1.54) is 17.5 Å². The maximum atomic E-state index is 13.4. The molecule has 0 saturated heterocycles. The average molecular weight is 436 g/mol. The predicted octanol–water partition coefficient (Wildman–Crippen LogP) is 3.44. The lowest BCUT2D eigenvalue weighted by molar-refractivity contribution is 0.741. The van der Waals surface area contributed by atoms with Gasteiger partial charge in [-0.2, -0.15) is 9.78 Å². The van der Waals surface area contributed by atoms with Crippen molar-refractivity contribution in [1.82, 2.24) is 39.1 Å². The lowest BCUT2D eigenvalue weighted by Gasteiger charge is -2.09. The molecule has 2 fully saturated rings. The summed E-state index contributed by atoms with van der Waals surface area (Å²) in [6.07, 6.45) is 12.0. The third-order valence-electron chi connectivity index (χ3n) is 6.36. The Morgan fingerprint density at radius 1 is 1.00 bits per heavy atom. The largest absolute Gasteiger partial charge is 0.309 e. The molecule has 33 heavy (non-hydrogen) atoms. The number of hydrogen-bond acceptors (Lipinski definition) is 6. The van der Waals surface area contributed by atoms with Gasteiger partial charge in [-0.15, -0.1) is 10.2 Å². The van der Waals surface area contributed by atoms with Crippen LogP contribution in [0.3, 0.4) is 0 Å². The Labute approximate surface area is 188 Å². The standard InChI is InChI=1S/C24H20N8O/c33-24-19-10-18(30-12-21(25-13-30)15-4-5-15)7-6-16(19)11-27-32(24)22-3-1-2-20(28-22)23-29-26-14-31(23)17-8-9-17/h1-3,6-7,10-15,17H,4-5,8-9H2. The molecule has 2 saturated carbocycles. The van der Waals surface area contributed by atoms with Crippen LogP contribution in [0.1, 0.15) is 43.3 Å². The SMILES string of the molecule is O=c1c2cc(-n3cnc(C4CC4)c3)ccc2cnn1-c1cccc(-c2nncn2C2CC2)n1. The van der Waals surface area contributed by atoms with E-state index in [2.05, 4.69) is 31.0 Å². The van der Waals surface area contributed by atoms with Crippen molar-refractivity contribution in [3.8, 4) is 23.0 Å². The van der Waals surface area contributed by atoms with Gasteiger partial charge in [0.2, 0.25) is 0 Å². The highest BCUT2D eigenvalue weighted by Gasteiger charge is 2.27. The van der Waals surface area contributed by atoms with E-state index in [1.807, 2.05) is 41.2 Å². The van der Waals surface area contributed by atoms with Gasteiger partial charge in [0.25, 0.3) is 5.56 Å². The molecule has 1 aromatic carbocycles. The summed E-state index contributed by atoms with van der Waals surface area (Å²) >= 11 is 0. The molecule has 2 aliphatic carbocycles. The Hall–Kier alpha value is -4.14. The van der Waals surface area contributed by atoms with Crippen molar-refractivity contribution in [3.05, 3.63) is 77.5 Å².